The van der Waals surface area contributed by atoms with E-state index < -0.39 is 0 Å². The fraction of sp³-hybridized carbons (Fsp3) is 0.167. The van der Waals surface area contributed by atoms with Gasteiger partial charge in [-0.15, -0.1) is 0 Å². The Hall–Kier alpha value is -2.80. The third-order valence-electron chi connectivity index (χ3n) is 4.54. The van der Waals surface area contributed by atoms with Crippen molar-refractivity contribution < 1.29 is 0 Å². The number of nitrogens with zero attached hydrogens (tertiary/aromatic N) is 1. The van der Waals surface area contributed by atoms with Crippen molar-refractivity contribution in [1.29, 1.82) is 0 Å². The van der Waals surface area contributed by atoms with E-state index in [1.165, 1.54) is 33.6 Å². The maximum absolute atomic E-state index is 3.86. The first-order chi connectivity index (χ1) is 12.0. The van der Waals surface area contributed by atoms with E-state index in [-0.39, 0.29) is 0 Å². The number of anilines is 3. The Balaban J connectivity index is 2.21. The fourth-order valence-electron chi connectivity index (χ4n) is 3.39. The minimum Gasteiger partial charge on any atom is -0.310 e. The molecule has 0 radical (unpaired) electrons. The van der Waals surface area contributed by atoms with Crippen molar-refractivity contribution in [2.24, 2.45) is 0 Å². The van der Waals surface area contributed by atoms with Crippen LogP contribution >= 0.6 is 0 Å². The van der Waals surface area contributed by atoms with E-state index in [1.807, 2.05) is 6.08 Å². The average Bonchev–Trinajstić information content (AvgIpc) is 2.59. The van der Waals surface area contributed by atoms with Crippen LogP contribution in [0.2, 0.25) is 0 Å². The van der Waals surface area contributed by atoms with Gasteiger partial charge < -0.3 is 4.90 Å². The summed E-state index contributed by atoms with van der Waals surface area (Å²) in [6.45, 7) is 12.5. The van der Waals surface area contributed by atoms with E-state index in [4.69, 9.17) is 0 Å². The molecule has 0 fully saturated rings. The van der Waals surface area contributed by atoms with Gasteiger partial charge in [-0.1, -0.05) is 60.2 Å². The normalized spacial score (nSPS) is 10.6. The van der Waals surface area contributed by atoms with E-state index in [9.17, 15) is 0 Å². The molecule has 0 unspecified atom stereocenters. The van der Waals surface area contributed by atoms with Gasteiger partial charge in [0.25, 0.3) is 0 Å². The Morgan fingerprint density at radius 1 is 0.680 bits per heavy atom. The SMILES string of the molecule is C=Cc1ccc(N(c2ccc(C)cc2)c2c(C)cc(C)cc2C)cc1. The molecule has 0 heterocycles. The number of hydrogen-bond acceptors (Lipinski definition) is 1. The van der Waals surface area contributed by atoms with E-state index in [0.717, 1.165) is 11.3 Å². The second kappa shape index (κ2) is 6.98. The first-order valence-electron chi connectivity index (χ1n) is 8.67. The lowest BCUT2D eigenvalue weighted by molar-refractivity contribution is 1.20. The highest BCUT2D eigenvalue weighted by Crippen LogP contribution is 2.39. The monoisotopic (exact) mass is 327 g/mol. The largest absolute Gasteiger partial charge is 0.310 e. The zero-order valence-corrected chi connectivity index (χ0v) is 15.5. The van der Waals surface area contributed by atoms with Gasteiger partial charge in [0.1, 0.15) is 0 Å². The molecule has 1 heteroatoms. The quantitative estimate of drug-likeness (QED) is 0.497. The van der Waals surface area contributed by atoms with Crippen LogP contribution in [0.4, 0.5) is 17.1 Å². The Labute approximate surface area is 151 Å². The van der Waals surface area contributed by atoms with Gasteiger partial charge in [0.05, 0.1) is 5.69 Å². The molecular weight excluding hydrogens is 302 g/mol. The van der Waals surface area contributed by atoms with Gasteiger partial charge in [-0.25, -0.2) is 0 Å². The topological polar surface area (TPSA) is 3.24 Å². The molecule has 126 valence electrons. The molecule has 3 rings (SSSR count). The summed E-state index contributed by atoms with van der Waals surface area (Å²) in [6.07, 6.45) is 1.88. The van der Waals surface area contributed by atoms with Crippen LogP contribution in [0.1, 0.15) is 27.8 Å². The van der Waals surface area contributed by atoms with Crippen molar-refractivity contribution >= 4 is 23.1 Å². The Bertz CT molecular complexity index is 863. The number of rotatable bonds is 4. The van der Waals surface area contributed by atoms with Crippen molar-refractivity contribution in [3.05, 3.63) is 95.1 Å². The molecule has 3 aromatic carbocycles. The van der Waals surface area contributed by atoms with Gasteiger partial charge in [0.15, 0.2) is 0 Å². The number of hydrogen-bond donors (Lipinski definition) is 0. The van der Waals surface area contributed by atoms with E-state index in [0.29, 0.717) is 0 Å². The summed E-state index contributed by atoms with van der Waals surface area (Å²) in [5, 5.41) is 0. The molecule has 1 nitrogen and oxygen atoms in total. The van der Waals surface area contributed by atoms with Gasteiger partial charge in [0.2, 0.25) is 0 Å². The van der Waals surface area contributed by atoms with Crippen molar-refractivity contribution in [3.8, 4) is 0 Å². The molecule has 0 aromatic heterocycles. The summed E-state index contributed by atoms with van der Waals surface area (Å²) in [7, 11) is 0. The molecular formula is C24H25N. The lowest BCUT2D eigenvalue weighted by Gasteiger charge is -2.29. The highest BCUT2D eigenvalue weighted by atomic mass is 15.1. The van der Waals surface area contributed by atoms with Crippen molar-refractivity contribution in [3.63, 3.8) is 0 Å². The first-order valence-corrected chi connectivity index (χ1v) is 8.67. The average molecular weight is 327 g/mol. The molecule has 0 saturated carbocycles. The molecule has 0 N–H and O–H groups in total. The molecule has 3 aromatic rings. The van der Waals surface area contributed by atoms with Crippen molar-refractivity contribution in [2.45, 2.75) is 27.7 Å². The van der Waals surface area contributed by atoms with Gasteiger partial charge >= 0.3 is 0 Å². The molecule has 0 aliphatic heterocycles. The van der Waals surface area contributed by atoms with Gasteiger partial charge in [-0.2, -0.15) is 0 Å². The van der Waals surface area contributed by atoms with Crippen LogP contribution in [0.3, 0.4) is 0 Å². The van der Waals surface area contributed by atoms with E-state index >= 15 is 0 Å². The molecule has 0 atom stereocenters. The minimum atomic E-state index is 1.13. The molecule has 25 heavy (non-hydrogen) atoms. The standard InChI is InChI=1S/C24H25N/c1-6-21-9-13-23(14-10-21)25(22-11-7-17(2)8-12-22)24-19(4)15-18(3)16-20(24)5/h6-16H,1H2,2-5H3. The molecule has 0 bridgehead atoms. The molecule has 0 saturated heterocycles. The summed E-state index contributed by atoms with van der Waals surface area (Å²) < 4.78 is 0. The zero-order valence-electron chi connectivity index (χ0n) is 15.5. The molecule has 0 aliphatic carbocycles. The summed E-state index contributed by atoms with van der Waals surface area (Å²) in [6, 6.07) is 21.8. The minimum absolute atomic E-state index is 1.13. The predicted molar refractivity (Wildman–Crippen MR) is 110 cm³/mol. The second-order valence-corrected chi connectivity index (χ2v) is 6.71. The van der Waals surface area contributed by atoms with Gasteiger partial charge in [-0.3, -0.25) is 0 Å². The lowest BCUT2D eigenvalue weighted by atomic mass is 10.0. The predicted octanol–water partition coefficient (Wildman–Crippen LogP) is 7.03. The summed E-state index contributed by atoms with van der Waals surface area (Å²) in [5.74, 6) is 0. The third-order valence-corrected chi connectivity index (χ3v) is 4.54. The highest BCUT2D eigenvalue weighted by molar-refractivity contribution is 5.81. The van der Waals surface area contributed by atoms with Crippen LogP contribution < -0.4 is 4.90 Å². The maximum atomic E-state index is 3.86. The van der Waals surface area contributed by atoms with Crippen LogP contribution in [0.25, 0.3) is 6.08 Å². The Morgan fingerprint density at radius 2 is 1.16 bits per heavy atom. The zero-order chi connectivity index (χ0) is 18.0. The Morgan fingerprint density at radius 3 is 1.64 bits per heavy atom. The summed E-state index contributed by atoms with van der Waals surface area (Å²) >= 11 is 0. The number of benzene rings is 3. The summed E-state index contributed by atoms with van der Waals surface area (Å²) in [4.78, 5) is 2.34. The fourth-order valence-corrected chi connectivity index (χ4v) is 3.39. The molecule has 0 aliphatic rings. The number of aryl methyl sites for hydroxylation is 4. The van der Waals surface area contributed by atoms with Crippen molar-refractivity contribution in [1.82, 2.24) is 0 Å². The summed E-state index contributed by atoms with van der Waals surface area (Å²) in [5.41, 5.74) is 9.84. The third kappa shape index (κ3) is 3.51. The Kier molecular flexibility index (Phi) is 4.76. The van der Waals surface area contributed by atoms with E-state index in [1.54, 1.807) is 0 Å². The highest BCUT2D eigenvalue weighted by Gasteiger charge is 2.17. The molecule has 0 spiro atoms. The lowest BCUT2D eigenvalue weighted by Crippen LogP contribution is -2.13. The van der Waals surface area contributed by atoms with Gasteiger partial charge in [0, 0.05) is 11.4 Å². The maximum Gasteiger partial charge on any atom is 0.0520 e. The van der Waals surface area contributed by atoms with Crippen LogP contribution in [-0.2, 0) is 0 Å². The van der Waals surface area contributed by atoms with Crippen molar-refractivity contribution in [2.75, 3.05) is 4.90 Å². The van der Waals surface area contributed by atoms with Crippen LogP contribution in [0.15, 0.2) is 67.2 Å². The van der Waals surface area contributed by atoms with E-state index in [2.05, 4.69) is 99.8 Å². The van der Waals surface area contributed by atoms with Gasteiger partial charge in [-0.05, 0) is 68.7 Å². The van der Waals surface area contributed by atoms with Crippen LogP contribution in [0.5, 0.6) is 0 Å². The second-order valence-electron chi connectivity index (χ2n) is 6.71. The van der Waals surface area contributed by atoms with Crippen LogP contribution in [-0.4, -0.2) is 0 Å². The molecule has 0 amide bonds. The first kappa shape index (κ1) is 17.0. The van der Waals surface area contributed by atoms with Crippen LogP contribution in [0, 0.1) is 27.7 Å². The smallest absolute Gasteiger partial charge is 0.0520 e.